The van der Waals surface area contributed by atoms with Crippen LogP contribution in [0.5, 0.6) is 0 Å². The number of aliphatic carboxylic acids is 1. The molecule has 10 heteroatoms. The van der Waals surface area contributed by atoms with Gasteiger partial charge in [0.15, 0.2) is 0 Å². The molecule has 0 aliphatic rings. The molecule has 0 aliphatic heterocycles. The van der Waals surface area contributed by atoms with Gasteiger partial charge in [-0.25, -0.2) is 9.78 Å². The average molecular weight is 516 g/mol. The third kappa shape index (κ3) is 5.19. The molecule has 0 saturated carbocycles. The number of non-ortho nitro benzene ring substituents is 1. The maximum Gasteiger partial charge on any atom is 0.326 e. The standard InChI is InChI=1S/C28H29N5O5/c1-5-16(2)24(28(35)36)31-27(34)20-13-14-32-22(15-20)29-25(19-9-11-21(12-10-19)33(37)38)26(32)30-23-17(3)7-6-8-18(23)4/h6-16,24,30H,5H2,1-4H3,(H,31,34)(H,35,36). The number of nitrogens with one attached hydrogen (secondary N) is 2. The van der Waals surface area contributed by atoms with Crippen LogP contribution < -0.4 is 10.6 Å². The second-order valence-electron chi connectivity index (χ2n) is 9.32. The summed E-state index contributed by atoms with van der Waals surface area (Å²) in [6.07, 6.45) is 2.30. The third-order valence-electron chi connectivity index (χ3n) is 6.73. The van der Waals surface area contributed by atoms with Crippen LogP contribution in [0.15, 0.2) is 60.8 Å². The van der Waals surface area contributed by atoms with Crippen molar-refractivity contribution in [2.45, 2.75) is 40.2 Å². The number of anilines is 2. The van der Waals surface area contributed by atoms with Gasteiger partial charge in [-0.05, 0) is 55.2 Å². The van der Waals surface area contributed by atoms with E-state index >= 15 is 0 Å². The van der Waals surface area contributed by atoms with Crippen LogP contribution in [0.2, 0.25) is 0 Å². The normalized spacial score (nSPS) is 12.6. The van der Waals surface area contributed by atoms with Crippen molar-refractivity contribution in [3.63, 3.8) is 0 Å². The van der Waals surface area contributed by atoms with E-state index in [-0.39, 0.29) is 17.2 Å². The second-order valence-corrected chi connectivity index (χ2v) is 9.32. The lowest BCUT2D eigenvalue weighted by atomic mass is 9.99. The quantitative estimate of drug-likeness (QED) is 0.198. The largest absolute Gasteiger partial charge is 0.480 e. The Morgan fingerprint density at radius 2 is 1.76 bits per heavy atom. The van der Waals surface area contributed by atoms with Gasteiger partial charge in [-0.15, -0.1) is 0 Å². The number of hydrogen-bond donors (Lipinski definition) is 3. The Balaban J connectivity index is 1.80. The SMILES string of the molecule is CCC(C)C(NC(=O)c1ccn2c(Nc3c(C)cccc3C)c(-c3ccc([N+](=O)[O-])cc3)nc2c1)C(=O)O. The molecule has 10 nitrogen and oxygen atoms in total. The number of pyridine rings is 1. The van der Waals surface area contributed by atoms with Gasteiger partial charge in [-0.3, -0.25) is 19.3 Å². The number of aryl methyl sites for hydroxylation is 2. The van der Waals surface area contributed by atoms with Crippen LogP contribution in [0.25, 0.3) is 16.9 Å². The number of carboxylic acid groups (broad SMARTS) is 1. The van der Waals surface area contributed by atoms with Crippen LogP contribution in [0.3, 0.4) is 0 Å². The summed E-state index contributed by atoms with van der Waals surface area (Å²) >= 11 is 0. The highest BCUT2D eigenvalue weighted by Crippen LogP contribution is 2.34. The summed E-state index contributed by atoms with van der Waals surface area (Å²) in [5, 5.41) is 26.8. The van der Waals surface area contributed by atoms with Crippen molar-refractivity contribution in [3.8, 4) is 11.3 Å². The number of aromatic nitrogens is 2. The molecule has 2 aromatic carbocycles. The highest BCUT2D eigenvalue weighted by atomic mass is 16.6. The van der Waals surface area contributed by atoms with Crippen molar-refractivity contribution in [1.82, 2.24) is 14.7 Å². The number of para-hydroxylation sites is 1. The number of carboxylic acids is 1. The van der Waals surface area contributed by atoms with Crippen LogP contribution >= 0.6 is 0 Å². The molecule has 0 bridgehead atoms. The molecule has 196 valence electrons. The highest BCUT2D eigenvalue weighted by Gasteiger charge is 2.26. The number of nitro groups is 1. The number of benzene rings is 2. The maximum atomic E-state index is 13.0. The molecule has 1 amide bonds. The van der Waals surface area contributed by atoms with Crippen molar-refractivity contribution >= 4 is 34.7 Å². The molecule has 2 unspecified atom stereocenters. The molecule has 3 N–H and O–H groups in total. The molecule has 0 radical (unpaired) electrons. The van der Waals surface area contributed by atoms with E-state index in [2.05, 4.69) is 10.6 Å². The van der Waals surface area contributed by atoms with Crippen LogP contribution in [0.1, 0.15) is 41.8 Å². The minimum atomic E-state index is -1.09. The Bertz CT molecular complexity index is 1510. The number of amides is 1. The Labute approximate surface area is 219 Å². The zero-order valence-corrected chi connectivity index (χ0v) is 21.6. The first-order valence-corrected chi connectivity index (χ1v) is 12.2. The fourth-order valence-electron chi connectivity index (χ4n) is 4.29. The van der Waals surface area contributed by atoms with Gasteiger partial charge in [0.05, 0.1) is 4.92 Å². The number of nitro benzene ring substituents is 1. The zero-order valence-electron chi connectivity index (χ0n) is 21.6. The lowest BCUT2D eigenvalue weighted by Crippen LogP contribution is -2.45. The Kier molecular flexibility index (Phi) is 7.43. The Hall–Kier alpha value is -4.73. The van der Waals surface area contributed by atoms with Gasteiger partial charge < -0.3 is 15.7 Å². The molecule has 38 heavy (non-hydrogen) atoms. The molecule has 2 heterocycles. The van der Waals surface area contributed by atoms with E-state index in [1.807, 2.05) is 39.0 Å². The lowest BCUT2D eigenvalue weighted by molar-refractivity contribution is -0.384. The van der Waals surface area contributed by atoms with E-state index in [0.717, 1.165) is 16.8 Å². The molecule has 0 aliphatic carbocycles. The van der Waals surface area contributed by atoms with Gasteiger partial charge in [0.2, 0.25) is 0 Å². The minimum absolute atomic E-state index is 0.0324. The summed E-state index contributed by atoms with van der Waals surface area (Å²) < 4.78 is 1.79. The van der Waals surface area contributed by atoms with Crippen molar-refractivity contribution in [1.29, 1.82) is 0 Å². The number of nitrogens with zero attached hydrogens (tertiary/aromatic N) is 3. The van der Waals surface area contributed by atoms with E-state index in [1.54, 1.807) is 41.8 Å². The van der Waals surface area contributed by atoms with Crippen LogP contribution in [0, 0.1) is 29.9 Å². The zero-order chi connectivity index (χ0) is 27.6. The monoisotopic (exact) mass is 515 g/mol. The molecule has 0 spiro atoms. The highest BCUT2D eigenvalue weighted by molar-refractivity contribution is 5.97. The van der Waals surface area contributed by atoms with Crippen LogP contribution in [-0.2, 0) is 4.79 Å². The fourth-order valence-corrected chi connectivity index (χ4v) is 4.29. The lowest BCUT2D eigenvalue weighted by Gasteiger charge is -2.20. The number of imidazole rings is 1. The number of carbonyl (C=O) groups is 2. The maximum absolute atomic E-state index is 13.0. The van der Waals surface area contributed by atoms with Gasteiger partial charge in [-0.1, -0.05) is 38.5 Å². The molecule has 4 rings (SSSR count). The van der Waals surface area contributed by atoms with E-state index in [0.29, 0.717) is 29.1 Å². The molecular formula is C28H29N5O5. The van der Waals surface area contributed by atoms with Gasteiger partial charge in [-0.2, -0.15) is 0 Å². The number of rotatable bonds is 9. The first kappa shape index (κ1) is 26.3. The smallest absolute Gasteiger partial charge is 0.326 e. The predicted octanol–water partition coefficient (Wildman–Crippen LogP) is 5.50. The fraction of sp³-hybridized carbons (Fsp3) is 0.250. The van der Waals surface area contributed by atoms with Gasteiger partial charge in [0, 0.05) is 35.1 Å². The minimum Gasteiger partial charge on any atom is -0.480 e. The topological polar surface area (TPSA) is 139 Å². The molecule has 4 aromatic rings. The first-order chi connectivity index (χ1) is 18.1. The van der Waals surface area contributed by atoms with E-state index in [9.17, 15) is 24.8 Å². The molecule has 0 saturated heterocycles. The Morgan fingerprint density at radius 1 is 1.11 bits per heavy atom. The van der Waals surface area contributed by atoms with Crippen molar-refractivity contribution in [3.05, 3.63) is 87.6 Å². The van der Waals surface area contributed by atoms with Gasteiger partial charge in [0.25, 0.3) is 11.6 Å². The number of hydrogen-bond acceptors (Lipinski definition) is 6. The summed E-state index contributed by atoms with van der Waals surface area (Å²) in [5.74, 6) is -1.21. The van der Waals surface area contributed by atoms with E-state index in [4.69, 9.17) is 4.98 Å². The van der Waals surface area contributed by atoms with Crippen molar-refractivity contribution in [2.24, 2.45) is 5.92 Å². The van der Waals surface area contributed by atoms with E-state index < -0.39 is 22.8 Å². The van der Waals surface area contributed by atoms with Gasteiger partial charge in [0.1, 0.15) is 23.2 Å². The Morgan fingerprint density at radius 3 is 2.34 bits per heavy atom. The number of fused-ring (bicyclic) bond motifs is 1. The average Bonchev–Trinajstić information content (AvgIpc) is 3.26. The third-order valence-corrected chi connectivity index (χ3v) is 6.73. The number of carbonyl (C=O) groups excluding carboxylic acids is 1. The van der Waals surface area contributed by atoms with Crippen LogP contribution in [-0.4, -0.2) is 37.3 Å². The van der Waals surface area contributed by atoms with Crippen molar-refractivity contribution in [2.75, 3.05) is 5.32 Å². The summed E-state index contributed by atoms with van der Waals surface area (Å²) in [6, 6.07) is 14.2. The molecule has 2 atom stereocenters. The molecule has 2 aromatic heterocycles. The summed E-state index contributed by atoms with van der Waals surface area (Å²) in [4.78, 5) is 40.1. The summed E-state index contributed by atoms with van der Waals surface area (Å²) in [5.41, 5.74) is 4.84. The van der Waals surface area contributed by atoms with Gasteiger partial charge >= 0.3 is 5.97 Å². The van der Waals surface area contributed by atoms with E-state index in [1.165, 1.54) is 12.1 Å². The first-order valence-electron chi connectivity index (χ1n) is 12.2. The van der Waals surface area contributed by atoms with Crippen LogP contribution in [0.4, 0.5) is 17.2 Å². The second kappa shape index (κ2) is 10.7. The summed E-state index contributed by atoms with van der Waals surface area (Å²) in [6.45, 7) is 7.62. The summed E-state index contributed by atoms with van der Waals surface area (Å²) in [7, 11) is 0. The van der Waals surface area contributed by atoms with Crippen molar-refractivity contribution < 1.29 is 19.6 Å². The predicted molar refractivity (Wildman–Crippen MR) is 145 cm³/mol. The molecular weight excluding hydrogens is 486 g/mol. The molecule has 0 fully saturated rings.